The van der Waals surface area contributed by atoms with Gasteiger partial charge < -0.3 is 5.32 Å². The molecule has 0 aliphatic heterocycles. The summed E-state index contributed by atoms with van der Waals surface area (Å²) in [5.74, 6) is -0.790. The van der Waals surface area contributed by atoms with Gasteiger partial charge in [0.1, 0.15) is 12.4 Å². The van der Waals surface area contributed by atoms with Gasteiger partial charge in [0, 0.05) is 9.90 Å². The minimum atomic E-state index is -0.419. The van der Waals surface area contributed by atoms with Crippen LogP contribution in [0.1, 0.15) is 4.88 Å². The molecule has 1 aromatic heterocycles. The first kappa shape index (κ1) is 18.6. The average molecular weight is 411 g/mol. The Bertz CT molecular complexity index is 1030. The molecule has 3 aromatic rings. The number of carbonyl (C=O) groups excluding carboxylic acids is 1. The fourth-order valence-electron chi connectivity index (χ4n) is 2.55. The average Bonchev–Trinajstić information content (AvgIpc) is 2.85. The predicted molar refractivity (Wildman–Crippen MR) is 104 cm³/mol. The third kappa shape index (κ3) is 3.98. The highest BCUT2D eigenvalue weighted by Crippen LogP contribution is 2.27. The van der Waals surface area contributed by atoms with Crippen molar-refractivity contribution in [2.75, 3.05) is 5.32 Å². The molecular formula is C18H13Cl2FN2O2S. The molecule has 0 atom stereocenters. The number of benzene rings is 2. The first-order valence-electron chi connectivity index (χ1n) is 7.56. The summed E-state index contributed by atoms with van der Waals surface area (Å²) in [6.07, 6.45) is 0. The highest BCUT2D eigenvalue weighted by Gasteiger charge is 2.17. The van der Waals surface area contributed by atoms with Gasteiger partial charge >= 0.3 is 4.87 Å². The molecule has 0 aliphatic carbocycles. The number of amides is 1. The van der Waals surface area contributed by atoms with Gasteiger partial charge in [-0.2, -0.15) is 0 Å². The van der Waals surface area contributed by atoms with Gasteiger partial charge in [0.2, 0.25) is 5.91 Å². The van der Waals surface area contributed by atoms with Crippen molar-refractivity contribution in [3.8, 4) is 11.3 Å². The molecule has 1 N–H and O–H groups in total. The molecule has 0 spiro atoms. The lowest BCUT2D eigenvalue weighted by molar-refractivity contribution is -0.116. The van der Waals surface area contributed by atoms with Crippen LogP contribution in [0, 0.1) is 12.7 Å². The minimum absolute atomic E-state index is 0.196. The molecular weight excluding hydrogens is 398 g/mol. The number of aryl methyl sites for hydroxylation is 1. The van der Waals surface area contributed by atoms with Gasteiger partial charge in [-0.1, -0.05) is 34.5 Å². The topological polar surface area (TPSA) is 51.1 Å². The van der Waals surface area contributed by atoms with E-state index in [9.17, 15) is 14.0 Å². The van der Waals surface area contributed by atoms with Crippen LogP contribution in [0.15, 0.2) is 47.3 Å². The Morgan fingerprint density at radius 1 is 1.19 bits per heavy atom. The van der Waals surface area contributed by atoms with Gasteiger partial charge in [0.05, 0.1) is 16.4 Å². The molecule has 134 valence electrons. The van der Waals surface area contributed by atoms with E-state index >= 15 is 0 Å². The molecule has 3 rings (SSSR count). The number of thiazole rings is 1. The van der Waals surface area contributed by atoms with Crippen molar-refractivity contribution in [2.24, 2.45) is 0 Å². The molecule has 1 heterocycles. The summed E-state index contributed by atoms with van der Waals surface area (Å²) in [5, 5.41) is 3.43. The molecule has 0 fully saturated rings. The Balaban J connectivity index is 1.90. The minimum Gasteiger partial charge on any atom is -0.323 e. The molecule has 0 saturated heterocycles. The Hall–Kier alpha value is -2.15. The number of nitrogens with zero attached hydrogens (tertiary/aromatic N) is 1. The fourth-order valence-corrected chi connectivity index (χ4v) is 3.74. The number of hydrogen-bond donors (Lipinski definition) is 1. The van der Waals surface area contributed by atoms with Crippen LogP contribution in [0.5, 0.6) is 0 Å². The van der Waals surface area contributed by atoms with Crippen LogP contribution in [0.25, 0.3) is 11.3 Å². The van der Waals surface area contributed by atoms with Crippen LogP contribution in [0.2, 0.25) is 10.0 Å². The van der Waals surface area contributed by atoms with Gasteiger partial charge in [0.25, 0.3) is 0 Å². The third-order valence-electron chi connectivity index (χ3n) is 3.69. The van der Waals surface area contributed by atoms with Crippen molar-refractivity contribution in [3.63, 3.8) is 0 Å². The third-order valence-corrected chi connectivity index (χ3v) is 5.15. The largest absolute Gasteiger partial charge is 0.323 e. The second-order valence-corrected chi connectivity index (χ2v) is 7.55. The maximum atomic E-state index is 13.2. The quantitative estimate of drug-likeness (QED) is 0.659. The van der Waals surface area contributed by atoms with Crippen LogP contribution in [-0.2, 0) is 11.3 Å². The van der Waals surface area contributed by atoms with E-state index in [2.05, 4.69) is 5.32 Å². The Morgan fingerprint density at radius 3 is 2.58 bits per heavy atom. The van der Waals surface area contributed by atoms with Crippen LogP contribution in [-0.4, -0.2) is 10.5 Å². The summed E-state index contributed by atoms with van der Waals surface area (Å²) < 4.78 is 14.5. The zero-order valence-corrected chi connectivity index (χ0v) is 15.9. The molecule has 0 bridgehead atoms. The molecule has 0 aliphatic rings. The summed E-state index contributed by atoms with van der Waals surface area (Å²) in [7, 11) is 0. The SMILES string of the molecule is Cc1sc(=O)n(CC(=O)Nc2cc(Cl)ccc2Cl)c1-c1ccc(F)cc1. The van der Waals surface area contributed by atoms with Crippen molar-refractivity contribution >= 4 is 46.1 Å². The van der Waals surface area contributed by atoms with Crippen molar-refractivity contribution in [3.05, 3.63) is 72.9 Å². The van der Waals surface area contributed by atoms with Crippen molar-refractivity contribution in [2.45, 2.75) is 13.5 Å². The zero-order chi connectivity index (χ0) is 18.8. The van der Waals surface area contributed by atoms with E-state index in [0.29, 0.717) is 27.0 Å². The van der Waals surface area contributed by atoms with Crippen LogP contribution >= 0.6 is 34.5 Å². The molecule has 0 unspecified atom stereocenters. The lowest BCUT2D eigenvalue weighted by Crippen LogP contribution is -2.25. The molecule has 0 saturated carbocycles. The van der Waals surface area contributed by atoms with E-state index in [1.54, 1.807) is 31.2 Å². The van der Waals surface area contributed by atoms with Crippen molar-refractivity contribution in [1.29, 1.82) is 0 Å². The van der Waals surface area contributed by atoms with E-state index in [0.717, 1.165) is 16.2 Å². The van der Waals surface area contributed by atoms with Gasteiger partial charge in [-0.05, 0) is 55.0 Å². The number of rotatable bonds is 4. The summed E-state index contributed by atoms with van der Waals surface area (Å²) in [6, 6.07) is 10.5. The number of carbonyl (C=O) groups is 1. The Kier molecular flexibility index (Phi) is 5.46. The van der Waals surface area contributed by atoms with Gasteiger partial charge in [-0.15, -0.1) is 0 Å². The van der Waals surface area contributed by atoms with E-state index in [-0.39, 0.29) is 17.2 Å². The van der Waals surface area contributed by atoms with E-state index < -0.39 is 5.91 Å². The van der Waals surface area contributed by atoms with E-state index in [4.69, 9.17) is 23.2 Å². The Labute approximate surface area is 162 Å². The monoisotopic (exact) mass is 410 g/mol. The summed E-state index contributed by atoms with van der Waals surface area (Å²) in [4.78, 5) is 25.2. The first-order valence-corrected chi connectivity index (χ1v) is 9.13. The summed E-state index contributed by atoms with van der Waals surface area (Å²) in [5.41, 5.74) is 1.62. The van der Waals surface area contributed by atoms with E-state index in [1.807, 2.05) is 0 Å². The fraction of sp³-hybridized carbons (Fsp3) is 0.111. The van der Waals surface area contributed by atoms with Crippen LogP contribution in [0.4, 0.5) is 10.1 Å². The van der Waals surface area contributed by atoms with Crippen LogP contribution in [0.3, 0.4) is 0 Å². The van der Waals surface area contributed by atoms with Crippen LogP contribution < -0.4 is 10.2 Å². The first-order chi connectivity index (χ1) is 12.3. The Morgan fingerprint density at radius 2 is 1.88 bits per heavy atom. The molecule has 0 radical (unpaired) electrons. The van der Waals surface area contributed by atoms with E-state index in [1.165, 1.54) is 22.8 Å². The molecule has 26 heavy (non-hydrogen) atoms. The molecule has 1 amide bonds. The standard InChI is InChI=1S/C18H13Cl2FN2O2S/c1-10-17(11-2-5-13(21)6-3-11)23(18(25)26-10)9-16(24)22-15-8-12(19)4-7-14(15)20/h2-8H,9H2,1H3,(H,22,24). The van der Waals surface area contributed by atoms with Crippen molar-refractivity contribution in [1.82, 2.24) is 4.57 Å². The number of aromatic nitrogens is 1. The second kappa shape index (κ2) is 7.61. The molecule has 8 heteroatoms. The summed E-state index contributed by atoms with van der Waals surface area (Å²) in [6.45, 7) is 1.59. The normalized spacial score (nSPS) is 10.8. The lowest BCUT2D eigenvalue weighted by atomic mass is 10.1. The number of anilines is 1. The van der Waals surface area contributed by atoms with Gasteiger partial charge in [-0.25, -0.2) is 4.39 Å². The second-order valence-electron chi connectivity index (χ2n) is 5.54. The maximum absolute atomic E-state index is 13.2. The molecule has 2 aromatic carbocycles. The highest BCUT2D eigenvalue weighted by molar-refractivity contribution is 7.09. The smallest absolute Gasteiger partial charge is 0.308 e. The zero-order valence-electron chi connectivity index (χ0n) is 13.6. The number of nitrogens with one attached hydrogen (secondary N) is 1. The number of halogens is 3. The maximum Gasteiger partial charge on any atom is 0.308 e. The lowest BCUT2D eigenvalue weighted by Gasteiger charge is -2.11. The van der Waals surface area contributed by atoms with Crippen molar-refractivity contribution < 1.29 is 9.18 Å². The summed E-state index contributed by atoms with van der Waals surface area (Å²) >= 11 is 13.0. The predicted octanol–water partition coefficient (Wildman–Crippen LogP) is 4.97. The highest BCUT2D eigenvalue weighted by atomic mass is 35.5. The number of hydrogen-bond acceptors (Lipinski definition) is 3. The van der Waals surface area contributed by atoms with Gasteiger partial charge in [0.15, 0.2) is 0 Å². The van der Waals surface area contributed by atoms with Gasteiger partial charge in [-0.3, -0.25) is 14.2 Å². The molecule has 4 nitrogen and oxygen atoms in total.